The monoisotopic (exact) mass is 445 g/mol. The van der Waals surface area contributed by atoms with Gasteiger partial charge in [0.05, 0.1) is 7.11 Å². The maximum Gasteiger partial charge on any atom is 0.317 e. The first-order valence-electron chi connectivity index (χ1n) is 9.76. The fourth-order valence-corrected chi connectivity index (χ4v) is 4.22. The standard InChI is InChI=1S/C22H28BrN3O2/c1-3-24-22(27)26-12-11-20(19(15-26)16-7-5-4-6-8-16)25-14-17-13-18(23)9-10-21(17)28-2/h4-10,13,19-20,25H,3,11-12,14-15H2,1-2H3,(H,24,27)/t19-,20-/m0/s1. The van der Waals surface area contributed by atoms with Crippen LogP contribution in [0.5, 0.6) is 5.75 Å². The number of amides is 2. The number of urea groups is 1. The normalized spacial score (nSPS) is 19.3. The highest BCUT2D eigenvalue weighted by Gasteiger charge is 2.32. The predicted octanol–water partition coefficient (Wildman–Crippen LogP) is 4.13. The van der Waals surface area contributed by atoms with E-state index in [4.69, 9.17) is 4.74 Å². The average Bonchev–Trinajstić information content (AvgIpc) is 2.73. The number of carbonyl (C=O) groups excluding carboxylic acids is 1. The second-order valence-corrected chi connectivity index (χ2v) is 7.95. The van der Waals surface area contributed by atoms with Crippen LogP contribution in [0, 0.1) is 0 Å². The third kappa shape index (κ3) is 5.06. The molecule has 1 fully saturated rings. The van der Waals surface area contributed by atoms with E-state index in [0.717, 1.165) is 35.3 Å². The maximum atomic E-state index is 12.4. The van der Waals surface area contributed by atoms with E-state index in [1.54, 1.807) is 7.11 Å². The Morgan fingerprint density at radius 1 is 1.25 bits per heavy atom. The smallest absolute Gasteiger partial charge is 0.317 e. The van der Waals surface area contributed by atoms with E-state index in [9.17, 15) is 4.79 Å². The molecule has 2 aromatic rings. The van der Waals surface area contributed by atoms with Gasteiger partial charge in [-0.05, 0) is 37.1 Å². The average molecular weight is 446 g/mol. The zero-order valence-electron chi connectivity index (χ0n) is 16.5. The number of hydrogen-bond acceptors (Lipinski definition) is 3. The Bertz CT molecular complexity index is 785. The Morgan fingerprint density at radius 3 is 2.75 bits per heavy atom. The molecule has 150 valence electrons. The number of nitrogens with zero attached hydrogens (tertiary/aromatic N) is 1. The number of ether oxygens (including phenoxy) is 1. The first-order valence-corrected chi connectivity index (χ1v) is 10.5. The second kappa shape index (κ2) is 9.94. The first kappa shape index (κ1) is 20.7. The minimum absolute atomic E-state index is 0.0236. The molecule has 2 atom stereocenters. The van der Waals surface area contributed by atoms with Crippen LogP contribution in [0.15, 0.2) is 53.0 Å². The van der Waals surface area contributed by atoms with E-state index in [2.05, 4.69) is 56.9 Å². The lowest BCUT2D eigenvalue weighted by molar-refractivity contribution is 0.165. The number of piperidine rings is 1. The fourth-order valence-electron chi connectivity index (χ4n) is 3.81. The largest absolute Gasteiger partial charge is 0.496 e. The summed E-state index contributed by atoms with van der Waals surface area (Å²) in [6.45, 7) is 4.78. The summed E-state index contributed by atoms with van der Waals surface area (Å²) in [5, 5.41) is 6.65. The van der Waals surface area contributed by atoms with Gasteiger partial charge >= 0.3 is 6.03 Å². The third-order valence-electron chi connectivity index (χ3n) is 5.25. The van der Waals surface area contributed by atoms with Gasteiger partial charge in [0.25, 0.3) is 0 Å². The molecule has 0 spiro atoms. The molecule has 0 aliphatic carbocycles. The van der Waals surface area contributed by atoms with Crippen molar-refractivity contribution in [1.82, 2.24) is 15.5 Å². The fraction of sp³-hybridized carbons (Fsp3) is 0.409. The summed E-state index contributed by atoms with van der Waals surface area (Å²) < 4.78 is 6.54. The summed E-state index contributed by atoms with van der Waals surface area (Å²) in [5.41, 5.74) is 2.38. The molecule has 0 saturated carbocycles. The van der Waals surface area contributed by atoms with Crippen LogP contribution in [-0.2, 0) is 6.54 Å². The van der Waals surface area contributed by atoms with Gasteiger partial charge < -0.3 is 20.3 Å². The lowest BCUT2D eigenvalue weighted by Crippen LogP contribution is -2.52. The molecule has 2 amide bonds. The van der Waals surface area contributed by atoms with Crippen LogP contribution in [0.1, 0.15) is 30.4 Å². The summed E-state index contributed by atoms with van der Waals surface area (Å²) in [5.74, 6) is 1.13. The van der Waals surface area contributed by atoms with E-state index in [1.807, 2.05) is 30.0 Å². The van der Waals surface area contributed by atoms with E-state index in [1.165, 1.54) is 5.56 Å². The summed E-state index contributed by atoms with van der Waals surface area (Å²) in [4.78, 5) is 14.3. The molecule has 0 radical (unpaired) electrons. The molecule has 2 N–H and O–H groups in total. The Morgan fingerprint density at radius 2 is 2.04 bits per heavy atom. The van der Waals surface area contributed by atoms with Crippen molar-refractivity contribution in [2.24, 2.45) is 0 Å². The number of likely N-dealkylation sites (tertiary alicyclic amines) is 1. The molecule has 0 aromatic heterocycles. The highest BCUT2D eigenvalue weighted by molar-refractivity contribution is 9.10. The first-order chi connectivity index (χ1) is 13.6. The Labute approximate surface area is 175 Å². The van der Waals surface area contributed by atoms with Gasteiger partial charge in [-0.3, -0.25) is 0 Å². The van der Waals surface area contributed by atoms with Gasteiger partial charge in [-0.25, -0.2) is 4.79 Å². The predicted molar refractivity (Wildman–Crippen MR) is 116 cm³/mol. The summed E-state index contributed by atoms with van der Waals surface area (Å²) in [6, 6.07) is 16.8. The van der Waals surface area contributed by atoms with Crippen molar-refractivity contribution in [1.29, 1.82) is 0 Å². The van der Waals surface area contributed by atoms with E-state index >= 15 is 0 Å². The van der Waals surface area contributed by atoms with Gasteiger partial charge in [0, 0.05) is 48.2 Å². The van der Waals surface area contributed by atoms with Crippen LogP contribution >= 0.6 is 15.9 Å². The van der Waals surface area contributed by atoms with Crippen molar-refractivity contribution in [3.05, 3.63) is 64.1 Å². The molecular weight excluding hydrogens is 418 g/mol. The van der Waals surface area contributed by atoms with Gasteiger partial charge in [0.2, 0.25) is 0 Å². The van der Waals surface area contributed by atoms with Crippen molar-refractivity contribution in [3.8, 4) is 5.75 Å². The summed E-state index contributed by atoms with van der Waals surface area (Å²) in [7, 11) is 1.70. The van der Waals surface area contributed by atoms with Gasteiger partial charge in [-0.15, -0.1) is 0 Å². The summed E-state index contributed by atoms with van der Waals surface area (Å²) in [6.07, 6.45) is 0.910. The molecular formula is C22H28BrN3O2. The SMILES string of the molecule is CCNC(=O)N1CC[C@H](NCc2cc(Br)ccc2OC)[C@H](c2ccccc2)C1. The van der Waals surface area contributed by atoms with Crippen molar-refractivity contribution in [3.63, 3.8) is 0 Å². The quantitative estimate of drug-likeness (QED) is 0.702. The van der Waals surface area contributed by atoms with Crippen LogP contribution in [0.25, 0.3) is 0 Å². The van der Waals surface area contributed by atoms with Crippen molar-refractivity contribution in [2.75, 3.05) is 26.7 Å². The Kier molecular flexibility index (Phi) is 7.34. The second-order valence-electron chi connectivity index (χ2n) is 7.03. The molecule has 0 bridgehead atoms. The molecule has 1 aliphatic heterocycles. The number of carbonyl (C=O) groups is 1. The summed E-state index contributed by atoms with van der Waals surface area (Å²) >= 11 is 3.54. The van der Waals surface area contributed by atoms with Crippen molar-refractivity contribution in [2.45, 2.75) is 31.8 Å². The number of methoxy groups -OCH3 is 1. The number of hydrogen-bond donors (Lipinski definition) is 2. The molecule has 3 rings (SSSR count). The molecule has 2 aromatic carbocycles. The molecule has 1 aliphatic rings. The van der Waals surface area contributed by atoms with E-state index in [-0.39, 0.29) is 18.0 Å². The Hall–Kier alpha value is -2.05. The van der Waals surface area contributed by atoms with Crippen LogP contribution in [0.4, 0.5) is 4.79 Å². The lowest BCUT2D eigenvalue weighted by atomic mass is 9.86. The molecule has 5 nitrogen and oxygen atoms in total. The zero-order chi connectivity index (χ0) is 19.9. The van der Waals surface area contributed by atoms with Gasteiger partial charge in [0.1, 0.15) is 5.75 Å². The number of nitrogens with one attached hydrogen (secondary N) is 2. The van der Waals surface area contributed by atoms with Gasteiger partial charge in [-0.2, -0.15) is 0 Å². The minimum Gasteiger partial charge on any atom is -0.496 e. The van der Waals surface area contributed by atoms with Gasteiger partial charge in [0.15, 0.2) is 0 Å². The molecule has 1 saturated heterocycles. The molecule has 28 heavy (non-hydrogen) atoms. The number of benzene rings is 2. The highest BCUT2D eigenvalue weighted by Crippen LogP contribution is 2.29. The topological polar surface area (TPSA) is 53.6 Å². The molecule has 1 heterocycles. The van der Waals surface area contributed by atoms with E-state index in [0.29, 0.717) is 13.1 Å². The van der Waals surface area contributed by atoms with Crippen LogP contribution < -0.4 is 15.4 Å². The minimum atomic E-state index is 0.0236. The number of rotatable bonds is 6. The maximum absolute atomic E-state index is 12.4. The van der Waals surface area contributed by atoms with Crippen LogP contribution in [0.2, 0.25) is 0 Å². The lowest BCUT2D eigenvalue weighted by Gasteiger charge is -2.39. The zero-order valence-corrected chi connectivity index (χ0v) is 18.0. The van der Waals surface area contributed by atoms with Crippen molar-refractivity contribution < 1.29 is 9.53 Å². The molecule has 0 unspecified atom stereocenters. The Balaban J connectivity index is 1.75. The van der Waals surface area contributed by atoms with Crippen molar-refractivity contribution >= 4 is 22.0 Å². The van der Waals surface area contributed by atoms with Gasteiger partial charge in [-0.1, -0.05) is 46.3 Å². The molecule has 6 heteroatoms. The van der Waals surface area contributed by atoms with E-state index < -0.39 is 0 Å². The third-order valence-corrected chi connectivity index (χ3v) is 5.75. The number of halogens is 1. The van der Waals surface area contributed by atoms with Crippen LogP contribution in [0.3, 0.4) is 0 Å². The van der Waals surface area contributed by atoms with Crippen LogP contribution in [-0.4, -0.2) is 43.7 Å². The highest BCUT2D eigenvalue weighted by atomic mass is 79.9.